The van der Waals surface area contributed by atoms with Crippen LogP contribution in [0.5, 0.6) is 0 Å². The average Bonchev–Trinajstić information content (AvgIpc) is 3.02. The van der Waals surface area contributed by atoms with Gasteiger partial charge in [-0.2, -0.15) is 10.4 Å². The van der Waals surface area contributed by atoms with Crippen LogP contribution in [0.4, 0.5) is 0 Å². The van der Waals surface area contributed by atoms with Crippen LogP contribution < -0.4 is 0 Å². The van der Waals surface area contributed by atoms with E-state index in [0.29, 0.717) is 5.56 Å². The highest BCUT2D eigenvalue weighted by Crippen LogP contribution is 2.28. The van der Waals surface area contributed by atoms with Gasteiger partial charge in [-0.3, -0.25) is 4.68 Å². The van der Waals surface area contributed by atoms with E-state index in [1.165, 1.54) is 5.56 Å². The molecule has 0 saturated heterocycles. The van der Waals surface area contributed by atoms with Crippen molar-refractivity contribution in [2.75, 3.05) is 0 Å². The molecule has 0 saturated carbocycles. The monoisotopic (exact) mass is 351 g/mol. The van der Waals surface area contributed by atoms with Crippen LogP contribution in [0.1, 0.15) is 11.1 Å². The first-order valence-corrected chi connectivity index (χ1v) is 7.82. The molecule has 3 nitrogen and oxygen atoms in total. The molecule has 0 amide bonds. The molecule has 0 N–H and O–H groups in total. The van der Waals surface area contributed by atoms with E-state index < -0.39 is 0 Å². The van der Waals surface area contributed by atoms with E-state index in [1.807, 2.05) is 53.5 Å². The summed E-state index contributed by atoms with van der Waals surface area (Å²) in [4.78, 5) is 0. The molecule has 2 aromatic carbocycles. The van der Waals surface area contributed by atoms with E-state index in [2.05, 4.69) is 39.2 Å². The van der Waals surface area contributed by atoms with Gasteiger partial charge in [-0.1, -0.05) is 42.5 Å². The first-order valence-electron chi connectivity index (χ1n) is 7.03. The van der Waals surface area contributed by atoms with E-state index in [9.17, 15) is 5.26 Å². The average molecular weight is 352 g/mol. The Morgan fingerprint density at radius 2 is 1.91 bits per heavy atom. The van der Waals surface area contributed by atoms with Crippen molar-refractivity contribution in [3.8, 4) is 17.2 Å². The van der Waals surface area contributed by atoms with E-state index in [1.54, 1.807) is 0 Å². The molecule has 0 radical (unpaired) electrons. The number of nitriles is 1. The van der Waals surface area contributed by atoms with Gasteiger partial charge in [0.1, 0.15) is 6.07 Å². The maximum absolute atomic E-state index is 9.31. The summed E-state index contributed by atoms with van der Waals surface area (Å²) in [5.41, 5.74) is 3.80. The van der Waals surface area contributed by atoms with E-state index in [0.717, 1.165) is 28.6 Å². The van der Waals surface area contributed by atoms with Gasteiger partial charge in [-0.25, -0.2) is 0 Å². The standard InChI is InChI=1S/C18H14BrN3/c19-18-8-4-7-16(17(18)11-20)15-12-21-22(13-15)10-9-14-5-2-1-3-6-14/h1-8,12-13H,9-10H2. The van der Waals surface area contributed by atoms with E-state index >= 15 is 0 Å². The number of halogens is 1. The van der Waals surface area contributed by atoms with Crippen molar-refractivity contribution in [3.05, 3.63) is 76.5 Å². The van der Waals surface area contributed by atoms with Crippen molar-refractivity contribution in [2.45, 2.75) is 13.0 Å². The third-order valence-corrected chi connectivity index (χ3v) is 4.20. The van der Waals surface area contributed by atoms with Crippen LogP contribution in [0.25, 0.3) is 11.1 Å². The molecule has 0 spiro atoms. The molecule has 22 heavy (non-hydrogen) atoms. The Bertz CT molecular complexity index is 816. The maximum Gasteiger partial charge on any atom is 0.101 e. The number of aryl methyl sites for hydroxylation is 2. The molecule has 108 valence electrons. The fraction of sp³-hybridized carbons (Fsp3) is 0.111. The van der Waals surface area contributed by atoms with Gasteiger partial charge >= 0.3 is 0 Å². The van der Waals surface area contributed by atoms with Crippen molar-refractivity contribution >= 4 is 15.9 Å². The molecule has 0 unspecified atom stereocenters. The summed E-state index contributed by atoms with van der Waals surface area (Å²) in [5.74, 6) is 0. The quantitative estimate of drug-likeness (QED) is 0.697. The zero-order valence-corrected chi connectivity index (χ0v) is 13.5. The van der Waals surface area contributed by atoms with Crippen LogP contribution in [0.2, 0.25) is 0 Å². The molecule has 0 fully saturated rings. The Hall–Kier alpha value is -2.38. The molecular formula is C18H14BrN3. The zero-order chi connectivity index (χ0) is 15.4. The van der Waals surface area contributed by atoms with Crippen LogP contribution in [0.15, 0.2) is 65.4 Å². The van der Waals surface area contributed by atoms with Crippen LogP contribution >= 0.6 is 15.9 Å². The normalized spacial score (nSPS) is 10.4. The molecule has 0 bridgehead atoms. The van der Waals surface area contributed by atoms with Gasteiger partial charge in [0.15, 0.2) is 0 Å². The minimum absolute atomic E-state index is 0.644. The summed E-state index contributed by atoms with van der Waals surface area (Å²) >= 11 is 3.42. The Balaban J connectivity index is 1.80. The highest BCUT2D eigenvalue weighted by molar-refractivity contribution is 9.10. The summed E-state index contributed by atoms with van der Waals surface area (Å²) in [7, 11) is 0. The fourth-order valence-electron chi connectivity index (χ4n) is 2.39. The highest BCUT2D eigenvalue weighted by Gasteiger charge is 2.10. The zero-order valence-electron chi connectivity index (χ0n) is 11.9. The predicted molar refractivity (Wildman–Crippen MR) is 90.2 cm³/mol. The number of rotatable bonds is 4. The molecule has 0 aliphatic carbocycles. The SMILES string of the molecule is N#Cc1c(Br)cccc1-c1cnn(CCc2ccccc2)c1. The van der Waals surface area contributed by atoms with Gasteiger partial charge in [-0.15, -0.1) is 0 Å². The molecule has 0 atom stereocenters. The fourth-order valence-corrected chi connectivity index (χ4v) is 2.85. The minimum Gasteiger partial charge on any atom is -0.272 e. The van der Waals surface area contributed by atoms with Crippen LogP contribution in [0.3, 0.4) is 0 Å². The lowest BCUT2D eigenvalue weighted by Crippen LogP contribution is -2.01. The first-order chi connectivity index (χ1) is 10.8. The molecule has 0 aliphatic rings. The van der Waals surface area contributed by atoms with Gasteiger partial charge < -0.3 is 0 Å². The summed E-state index contributed by atoms with van der Waals surface area (Å²) in [5, 5.41) is 13.7. The largest absolute Gasteiger partial charge is 0.272 e. The van der Waals surface area contributed by atoms with Gasteiger partial charge in [0, 0.05) is 28.3 Å². The summed E-state index contributed by atoms with van der Waals surface area (Å²) in [6.45, 7) is 0.819. The Kier molecular flexibility index (Phi) is 4.36. The van der Waals surface area contributed by atoms with Crippen LogP contribution in [-0.2, 0) is 13.0 Å². The van der Waals surface area contributed by atoms with Gasteiger partial charge in [-0.05, 0) is 34.0 Å². The van der Waals surface area contributed by atoms with Gasteiger partial charge in [0.2, 0.25) is 0 Å². The number of hydrogen-bond donors (Lipinski definition) is 0. The van der Waals surface area contributed by atoms with Crippen molar-refractivity contribution in [2.24, 2.45) is 0 Å². The molecule has 1 heterocycles. The molecule has 4 heteroatoms. The first kappa shape index (κ1) is 14.6. The smallest absolute Gasteiger partial charge is 0.101 e. The van der Waals surface area contributed by atoms with Gasteiger partial charge in [0.05, 0.1) is 11.8 Å². The molecule has 0 aliphatic heterocycles. The van der Waals surface area contributed by atoms with Crippen molar-refractivity contribution in [3.63, 3.8) is 0 Å². The van der Waals surface area contributed by atoms with Crippen molar-refractivity contribution in [1.29, 1.82) is 5.26 Å². The maximum atomic E-state index is 9.31. The number of hydrogen-bond acceptors (Lipinski definition) is 2. The summed E-state index contributed by atoms with van der Waals surface area (Å²) < 4.78 is 2.73. The molecule has 3 aromatic rings. The topological polar surface area (TPSA) is 41.6 Å². The third kappa shape index (κ3) is 3.10. The van der Waals surface area contributed by atoms with E-state index in [4.69, 9.17) is 0 Å². The highest BCUT2D eigenvalue weighted by atomic mass is 79.9. The number of aromatic nitrogens is 2. The van der Waals surface area contributed by atoms with Crippen molar-refractivity contribution in [1.82, 2.24) is 9.78 Å². The summed E-state index contributed by atoms with van der Waals surface area (Å²) in [6, 6.07) is 18.3. The minimum atomic E-state index is 0.644. The second-order valence-corrected chi connectivity index (χ2v) is 5.86. The second-order valence-electron chi connectivity index (χ2n) is 5.00. The van der Waals surface area contributed by atoms with Crippen LogP contribution in [0, 0.1) is 11.3 Å². The Labute approximate surface area is 138 Å². The lowest BCUT2D eigenvalue weighted by molar-refractivity contribution is 0.615. The van der Waals surface area contributed by atoms with Crippen LogP contribution in [-0.4, -0.2) is 9.78 Å². The number of nitrogens with zero attached hydrogens (tertiary/aromatic N) is 3. The van der Waals surface area contributed by atoms with Crippen molar-refractivity contribution < 1.29 is 0 Å². The van der Waals surface area contributed by atoms with E-state index in [-0.39, 0.29) is 0 Å². The molecular weight excluding hydrogens is 338 g/mol. The Morgan fingerprint density at radius 3 is 2.68 bits per heavy atom. The second kappa shape index (κ2) is 6.59. The lowest BCUT2D eigenvalue weighted by Gasteiger charge is -2.03. The molecule has 3 rings (SSSR count). The van der Waals surface area contributed by atoms with Gasteiger partial charge in [0.25, 0.3) is 0 Å². The number of benzene rings is 2. The predicted octanol–water partition coefficient (Wildman–Crippen LogP) is 4.43. The lowest BCUT2D eigenvalue weighted by atomic mass is 10.0. The summed E-state index contributed by atoms with van der Waals surface area (Å²) in [6.07, 6.45) is 4.74. The molecule has 1 aromatic heterocycles. The Morgan fingerprint density at radius 1 is 1.09 bits per heavy atom. The third-order valence-electron chi connectivity index (χ3n) is 3.54.